The van der Waals surface area contributed by atoms with Crippen LogP contribution in [0, 0.1) is 18.3 Å². The van der Waals surface area contributed by atoms with Crippen molar-refractivity contribution < 1.29 is 18.8 Å². The molecule has 3 heterocycles. The molecule has 0 spiro atoms. The van der Waals surface area contributed by atoms with Gasteiger partial charge in [0.2, 0.25) is 11.8 Å². The van der Waals surface area contributed by atoms with Gasteiger partial charge in [0.05, 0.1) is 17.9 Å². The molecule has 4 rings (SSSR count). The number of amides is 1. The number of hydrogen-bond acceptors (Lipinski definition) is 8. The largest absolute Gasteiger partial charge is 0.472 e. The van der Waals surface area contributed by atoms with Gasteiger partial charge >= 0.3 is 0 Å². The normalized spacial score (nSPS) is 14.2. The van der Waals surface area contributed by atoms with E-state index in [1.54, 1.807) is 17.9 Å². The van der Waals surface area contributed by atoms with Crippen molar-refractivity contribution in [3.05, 3.63) is 70.5 Å². The Kier molecular flexibility index (Phi) is 6.95. The van der Waals surface area contributed by atoms with Crippen LogP contribution in [-0.2, 0) is 18.0 Å². The van der Waals surface area contributed by atoms with Crippen LogP contribution in [0.25, 0.3) is 0 Å². The van der Waals surface area contributed by atoms with Crippen LogP contribution in [0.4, 0.5) is 0 Å². The van der Waals surface area contributed by atoms with E-state index in [2.05, 4.69) is 21.2 Å². The highest BCUT2D eigenvalue weighted by molar-refractivity contribution is 5.96. The topological polar surface area (TPSA) is 114 Å². The maximum atomic E-state index is 13.3. The molecular weight excluding hydrogens is 422 g/mol. The van der Waals surface area contributed by atoms with Crippen LogP contribution >= 0.6 is 0 Å². The van der Waals surface area contributed by atoms with Crippen LogP contribution in [0.1, 0.15) is 57.7 Å². The Hall–Kier alpha value is -3.77. The zero-order chi connectivity index (χ0) is 23.2. The molecule has 1 amide bonds. The maximum Gasteiger partial charge on any atom is 0.255 e. The highest BCUT2D eigenvalue weighted by Gasteiger charge is 2.29. The van der Waals surface area contributed by atoms with Crippen molar-refractivity contribution in [2.24, 2.45) is 0 Å². The summed E-state index contributed by atoms with van der Waals surface area (Å²) in [7, 11) is 1.54. The maximum absolute atomic E-state index is 13.3. The summed E-state index contributed by atoms with van der Waals surface area (Å²) in [6.45, 7) is 3.27. The summed E-state index contributed by atoms with van der Waals surface area (Å²) in [5, 5.41) is 13.7. The van der Waals surface area contributed by atoms with E-state index in [9.17, 15) is 10.1 Å². The second-order valence-corrected chi connectivity index (χ2v) is 7.89. The summed E-state index contributed by atoms with van der Waals surface area (Å²) in [6.07, 6.45) is 1.47. The molecule has 1 aliphatic heterocycles. The van der Waals surface area contributed by atoms with E-state index in [0.29, 0.717) is 36.1 Å². The molecule has 2 aromatic heterocycles. The number of hydrogen-bond donors (Lipinski definition) is 0. The third kappa shape index (κ3) is 5.18. The molecule has 0 N–H and O–H groups in total. The van der Waals surface area contributed by atoms with Crippen LogP contribution in [0.3, 0.4) is 0 Å². The van der Waals surface area contributed by atoms with Crippen molar-refractivity contribution in [1.82, 2.24) is 20.0 Å². The van der Waals surface area contributed by atoms with Crippen LogP contribution in [0.2, 0.25) is 0 Å². The first kappa shape index (κ1) is 22.4. The van der Waals surface area contributed by atoms with Gasteiger partial charge in [0, 0.05) is 33.0 Å². The van der Waals surface area contributed by atoms with Gasteiger partial charge in [0.1, 0.15) is 18.2 Å². The van der Waals surface area contributed by atoms with Gasteiger partial charge < -0.3 is 18.9 Å². The number of likely N-dealkylation sites (tertiary alicyclic amines) is 1. The summed E-state index contributed by atoms with van der Waals surface area (Å²) < 4.78 is 16.2. The Morgan fingerprint density at radius 3 is 2.61 bits per heavy atom. The van der Waals surface area contributed by atoms with E-state index in [-0.39, 0.29) is 36.5 Å². The van der Waals surface area contributed by atoms with Gasteiger partial charge in [-0.3, -0.25) is 4.79 Å². The number of carbonyl (C=O) groups excluding carboxylic acids is 1. The van der Waals surface area contributed by atoms with E-state index in [0.717, 1.165) is 18.4 Å². The number of benzene rings is 1. The van der Waals surface area contributed by atoms with Crippen molar-refractivity contribution in [3.8, 4) is 11.9 Å². The molecule has 9 nitrogen and oxygen atoms in total. The number of nitrogens with zero attached hydrogens (tertiary/aromatic N) is 5. The lowest BCUT2D eigenvalue weighted by Crippen LogP contribution is -2.38. The minimum absolute atomic E-state index is 0.132. The monoisotopic (exact) mass is 447 g/mol. The highest BCUT2D eigenvalue weighted by atomic mass is 16.5. The predicted molar refractivity (Wildman–Crippen MR) is 117 cm³/mol. The van der Waals surface area contributed by atoms with E-state index in [1.807, 2.05) is 30.3 Å². The number of rotatable bonds is 7. The van der Waals surface area contributed by atoms with Gasteiger partial charge in [-0.05, 0) is 24.5 Å². The van der Waals surface area contributed by atoms with Gasteiger partial charge in [-0.25, -0.2) is 4.98 Å². The van der Waals surface area contributed by atoms with Crippen molar-refractivity contribution in [3.63, 3.8) is 0 Å². The lowest BCUT2D eigenvalue weighted by atomic mass is 9.95. The van der Waals surface area contributed by atoms with Gasteiger partial charge in [0.15, 0.2) is 5.82 Å². The first-order valence-corrected chi connectivity index (χ1v) is 10.8. The average Bonchev–Trinajstić information content (AvgIpc) is 3.29. The van der Waals surface area contributed by atoms with Crippen molar-refractivity contribution in [2.45, 2.75) is 38.9 Å². The molecule has 1 aromatic carbocycles. The fourth-order valence-electron chi connectivity index (χ4n) is 3.87. The zero-order valence-electron chi connectivity index (χ0n) is 18.7. The van der Waals surface area contributed by atoms with E-state index in [4.69, 9.17) is 14.0 Å². The Morgan fingerprint density at radius 1 is 1.21 bits per heavy atom. The summed E-state index contributed by atoms with van der Waals surface area (Å²) in [6, 6.07) is 13.3. The van der Waals surface area contributed by atoms with E-state index >= 15 is 0 Å². The lowest BCUT2D eigenvalue weighted by Gasteiger charge is -2.31. The minimum atomic E-state index is -0.177. The fourth-order valence-corrected chi connectivity index (χ4v) is 3.87. The lowest BCUT2D eigenvalue weighted by molar-refractivity contribution is 0.0704. The predicted octanol–water partition coefficient (Wildman–Crippen LogP) is 3.39. The van der Waals surface area contributed by atoms with Crippen LogP contribution in [0.15, 0.2) is 40.9 Å². The van der Waals surface area contributed by atoms with E-state index in [1.165, 1.54) is 7.11 Å². The highest BCUT2D eigenvalue weighted by Crippen LogP contribution is 2.28. The molecule has 3 aromatic rings. The molecule has 170 valence electrons. The van der Waals surface area contributed by atoms with Crippen LogP contribution < -0.4 is 4.74 Å². The van der Waals surface area contributed by atoms with Crippen LogP contribution in [0.5, 0.6) is 5.88 Å². The second kappa shape index (κ2) is 10.2. The fraction of sp³-hybridized carbons (Fsp3) is 0.375. The van der Waals surface area contributed by atoms with Crippen molar-refractivity contribution >= 4 is 5.91 Å². The number of aromatic nitrogens is 3. The molecule has 1 fully saturated rings. The van der Waals surface area contributed by atoms with Gasteiger partial charge in [-0.1, -0.05) is 35.5 Å². The molecule has 0 aliphatic carbocycles. The number of piperidine rings is 1. The molecule has 0 bridgehead atoms. The molecule has 0 unspecified atom stereocenters. The molecule has 33 heavy (non-hydrogen) atoms. The van der Waals surface area contributed by atoms with Gasteiger partial charge in [0.25, 0.3) is 5.91 Å². The third-order valence-corrected chi connectivity index (χ3v) is 5.61. The van der Waals surface area contributed by atoms with Gasteiger partial charge in [-0.2, -0.15) is 10.2 Å². The quantitative estimate of drug-likeness (QED) is 0.541. The number of ether oxygens (including phenoxy) is 2. The number of aryl methyl sites for hydroxylation is 1. The smallest absolute Gasteiger partial charge is 0.255 e. The van der Waals surface area contributed by atoms with E-state index < -0.39 is 0 Å². The standard InChI is InChI=1S/C24H25N5O4/c1-16-26-22(28-33-16)18-8-10-29(11-9-18)24(30)20-12-19(13-25)23(27-21(20)15-31-2)32-14-17-6-4-3-5-7-17/h3-7,12,18H,8-11,14-15H2,1-2H3. The number of methoxy groups -OCH3 is 1. The molecule has 0 radical (unpaired) electrons. The van der Waals surface area contributed by atoms with Crippen LogP contribution in [-0.4, -0.2) is 46.1 Å². The minimum Gasteiger partial charge on any atom is -0.472 e. The third-order valence-electron chi connectivity index (χ3n) is 5.61. The number of pyridine rings is 1. The average molecular weight is 447 g/mol. The first-order chi connectivity index (χ1) is 16.1. The van der Waals surface area contributed by atoms with Gasteiger partial charge in [-0.15, -0.1) is 0 Å². The second-order valence-electron chi connectivity index (χ2n) is 7.89. The molecule has 1 saturated heterocycles. The Bertz CT molecular complexity index is 1150. The van der Waals surface area contributed by atoms with Crippen molar-refractivity contribution in [1.29, 1.82) is 5.26 Å². The number of nitriles is 1. The Balaban J connectivity index is 1.51. The molecule has 1 aliphatic rings. The number of carbonyl (C=O) groups is 1. The summed E-state index contributed by atoms with van der Waals surface area (Å²) in [4.78, 5) is 23.9. The molecule has 0 saturated carbocycles. The molecule has 9 heteroatoms. The zero-order valence-corrected chi connectivity index (χ0v) is 18.7. The SMILES string of the molecule is COCc1nc(OCc2ccccc2)c(C#N)cc1C(=O)N1CCC(c2noc(C)n2)CC1. The first-order valence-electron chi connectivity index (χ1n) is 10.8. The van der Waals surface area contributed by atoms with Crippen molar-refractivity contribution in [2.75, 3.05) is 20.2 Å². The summed E-state index contributed by atoms with van der Waals surface area (Å²) in [5.74, 6) is 1.40. The Morgan fingerprint density at radius 2 is 1.97 bits per heavy atom. The summed E-state index contributed by atoms with van der Waals surface area (Å²) in [5.41, 5.74) is 1.97. The molecular formula is C24H25N5O4. The summed E-state index contributed by atoms with van der Waals surface area (Å²) >= 11 is 0. The Labute approximate surface area is 191 Å². The molecule has 0 atom stereocenters.